The summed E-state index contributed by atoms with van der Waals surface area (Å²) < 4.78 is 6.66. The minimum atomic E-state index is -0.392. The zero-order valence-corrected chi connectivity index (χ0v) is 13.2. The summed E-state index contributed by atoms with van der Waals surface area (Å²) in [5.41, 5.74) is 2.92. The zero-order valence-electron chi connectivity index (χ0n) is 12.4. The number of ketones is 1. The van der Waals surface area contributed by atoms with Crippen LogP contribution in [-0.2, 0) is 16.1 Å². The lowest BCUT2D eigenvalue weighted by molar-refractivity contribution is -0.142. The molecule has 114 valence electrons. The number of carbonyl (C=O) groups is 2. The Kier molecular flexibility index (Phi) is 3.79. The van der Waals surface area contributed by atoms with E-state index in [2.05, 4.69) is 0 Å². The summed E-state index contributed by atoms with van der Waals surface area (Å²) >= 11 is 6.26. The highest BCUT2D eigenvalue weighted by molar-refractivity contribution is 6.32. The molecule has 1 aliphatic heterocycles. The molecule has 4 nitrogen and oxygen atoms in total. The minimum absolute atomic E-state index is 0.0846. The number of rotatable bonds is 3. The van der Waals surface area contributed by atoms with Gasteiger partial charge in [-0.15, -0.1) is 0 Å². The van der Waals surface area contributed by atoms with Crippen LogP contribution in [0.1, 0.15) is 39.6 Å². The Labute approximate surface area is 133 Å². The van der Waals surface area contributed by atoms with Crippen molar-refractivity contribution in [3.05, 3.63) is 57.9 Å². The van der Waals surface area contributed by atoms with Crippen LogP contribution in [0.4, 0.5) is 0 Å². The summed E-state index contributed by atoms with van der Waals surface area (Å²) in [6.07, 6.45) is 0.608. The normalized spacial score (nSPS) is 16.4. The molecule has 2 heterocycles. The van der Waals surface area contributed by atoms with Crippen molar-refractivity contribution in [3.63, 3.8) is 0 Å². The number of aromatic nitrogens is 1. The van der Waals surface area contributed by atoms with Gasteiger partial charge in [0.1, 0.15) is 5.92 Å². The van der Waals surface area contributed by atoms with Gasteiger partial charge >= 0.3 is 5.97 Å². The molecule has 1 aromatic carbocycles. The Morgan fingerprint density at radius 2 is 1.95 bits per heavy atom. The molecule has 5 heteroatoms. The molecule has 0 N–H and O–H groups in total. The fourth-order valence-electron chi connectivity index (χ4n) is 2.93. The molecule has 0 aliphatic carbocycles. The topological polar surface area (TPSA) is 48.3 Å². The van der Waals surface area contributed by atoms with Crippen molar-refractivity contribution in [1.29, 1.82) is 0 Å². The van der Waals surface area contributed by atoms with Gasteiger partial charge in [-0.1, -0.05) is 41.4 Å². The van der Waals surface area contributed by atoms with Gasteiger partial charge in [-0.05, 0) is 19.4 Å². The van der Waals surface area contributed by atoms with E-state index in [0.29, 0.717) is 34.9 Å². The van der Waals surface area contributed by atoms with Crippen molar-refractivity contribution < 1.29 is 14.3 Å². The Morgan fingerprint density at radius 1 is 1.27 bits per heavy atom. The molecular weight excluding hydrogens is 302 g/mol. The molecular formula is C17H16ClNO3. The number of nitrogens with zero attached hydrogens (tertiary/aromatic N) is 1. The first-order valence-electron chi connectivity index (χ1n) is 7.11. The van der Waals surface area contributed by atoms with E-state index in [1.165, 1.54) is 7.11 Å². The number of halogens is 1. The molecule has 0 radical (unpaired) electrons. The maximum absolute atomic E-state index is 12.7. The number of esters is 1. The zero-order chi connectivity index (χ0) is 15.9. The van der Waals surface area contributed by atoms with Gasteiger partial charge in [-0.2, -0.15) is 0 Å². The van der Waals surface area contributed by atoms with Gasteiger partial charge in [-0.3, -0.25) is 9.59 Å². The second-order valence-electron chi connectivity index (χ2n) is 5.47. The largest absolute Gasteiger partial charge is 0.469 e. The summed E-state index contributed by atoms with van der Waals surface area (Å²) in [5.74, 6) is -0.788. The lowest BCUT2D eigenvalue weighted by atomic mass is 10.0. The Balaban J connectivity index is 2.00. The number of hydrogen-bond acceptors (Lipinski definition) is 3. The number of fused-ring (bicyclic) bond motifs is 1. The smallest absolute Gasteiger partial charge is 0.314 e. The van der Waals surface area contributed by atoms with Crippen LogP contribution in [0.5, 0.6) is 0 Å². The highest BCUT2D eigenvalue weighted by Gasteiger charge is 2.35. The predicted molar refractivity (Wildman–Crippen MR) is 83.4 cm³/mol. The second-order valence-corrected chi connectivity index (χ2v) is 5.88. The van der Waals surface area contributed by atoms with Gasteiger partial charge in [0, 0.05) is 12.1 Å². The summed E-state index contributed by atoms with van der Waals surface area (Å²) in [4.78, 5) is 24.5. The van der Waals surface area contributed by atoms with E-state index in [9.17, 15) is 9.59 Å². The number of ether oxygens (including phenoxy) is 1. The van der Waals surface area contributed by atoms with Crippen LogP contribution in [0.3, 0.4) is 0 Å². The van der Waals surface area contributed by atoms with Crippen LogP contribution in [-0.4, -0.2) is 23.4 Å². The molecule has 0 saturated carbocycles. The Hall–Kier alpha value is -2.07. The van der Waals surface area contributed by atoms with E-state index >= 15 is 0 Å². The van der Waals surface area contributed by atoms with Crippen molar-refractivity contribution in [2.75, 3.05) is 7.11 Å². The van der Waals surface area contributed by atoms with E-state index < -0.39 is 5.92 Å². The van der Waals surface area contributed by atoms with Crippen LogP contribution in [0, 0.1) is 6.92 Å². The second kappa shape index (κ2) is 5.61. The molecule has 3 rings (SSSR count). The lowest BCUT2D eigenvalue weighted by Crippen LogP contribution is -2.12. The maximum atomic E-state index is 12.7. The molecule has 0 bridgehead atoms. The van der Waals surface area contributed by atoms with Gasteiger partial charge in [0.2, 0.25) is 5.78 Å². The molecule has 1 atom stereocenters. The summed E-state index contributed by atoms with van der Waals surface area (Å²) in [6.45, 7) is 2.57. The molecule has 22 heavy (non-hydrogen) atoms. The molecule has 0 saturated heterocycles. The van der Waals surface area contributed by atoms with E-state index in [1.54, 1.807) is 18.2 Å². The van der Waals surface area contributed by atoms with Crippen molar-refractivity contribution in [2.24, 2.45) is 0 Å². The third kappa shape index (κ3) is 2.33. The quantitative estimate of drug-likeness (QED) is 0.644. The number of aryl methyl sites for hydroxylation is 1. The first-order valence-corrected chi connectivity index (χ1v) is 7.49. The van der Waals surface area contributed by atoms with Crippen LogP contribution in [0.2, 0.25) is 5.02 Å². The van der Waals surface area contributed by atoms with Gasteiger partial charge in [0.15, 0.2) is 0 Å². The standard InChI is InChI=1S/C17H16ClNO3/c1-10-3-5-11(6-4-10)16(20)14-9-13(18)15-12(17(21)22-2)7-8-19(14)15/h3-6,9,12H,7-8H2,1-2H3. The van der Waals surface area contributed by atoms with Crippen molar-refractivity contribution >= 4 is 23.4 Å². The molecule has 0 amide bonds. The molecule has 1 unspecified atom stereocenters. The lowest BCUT2D eigenvalue weighted by Gasteiger charge is -2.07. The van der Waals surface area contributed by atoms with Crippen molar-refractivity contribution in [2.45, 2.75) is 25.8 Å². The first-order chi connectivity index (χ1) is 10.5. The molecule has 0 fully saturated rings. The molecule has 1 aromatic heterocycles. The van der Waals surface area contributed by atoms with Crippen molar-refractivity contribution in [3.8, 4) is 0 Å². The number of benzene rings is 1. The van der Waals surface area contributed by atoms with E-state index in [4.69, 9.17) is 16.3 Å². The maximum Gasteiger partial charge on any atom is 0.314 e. The average Bonchev–Trinajstić information content (AvgIpc) is 3.08. The first kappa shape index (κ1) is 14.9. The number of carbonyl (C=O) groups excluding carboxylic acids is 2. The molecule has 0 spiro atoms. The van der Waals surface area contributed by atoms with Gasteiger partial charge in [0.05, 0.1) is 23.5 Å². The minimum Gasteiger partial charge on any atom is -0.469 e. The van der Waals surface area contributed by atoms with Gasteiger partial charge in [-0.25, -0.2) is 0 Å². The van der Waals surface area contributed by atoms with Crippen LogP contribution < -0.4 is 0 Å². The van der Waals surface area contributed by atoms with Gasteiger partial charge in [0.25, 0.3) is 0 Å². The predicted octanol–water partition coefficient (Wildman–Crippen LogP) is 3.34. The number of methoxy groups -OCH3 is 1. The Bertz CT molecular complexity index is 746. The third-order valence-corrected chi connectivity index (χ3v) is 4.40. The van der Waals surface area contributed by atoms with Crippen LogP contribution in [0.25, 0.3) is 0 Å². The van der Waals surface area contributed by atoms with E-state index in [1.807, 2.05) is 23.6 Å². The fraction of sp³-hybridized carbons (Fsp3) is 0.294. The molecule has 1 aliphatic rings. The van der Waals surface area contributed by atoms with Gasteiger partial charge < -0.3 is 9.30 Å². The van der Waals surface area contributed by atoms with Crippen molar-refractivity contribution in [1.82, 2.24) is 4.57 Å². The third-order valence-electron chi connectivity index (χ3n) is 4.09. The SMILES string of the molecule is COC(=O)C1CCn2c(C(=O)c3ccc(C)cc3)cc(Cl)c21. The monoisotopic (exact) mass is 317 g/mol. The summed E-state index contributed by atoms with van der Waals surface area (Å²) in [5, 5.41) is 0.448. The van der Waals surface area contributed by atoms with Crippen LogP contribution in [0.15, 0.2) is 30.3 Å². The highest BCUT2D eigenvalue weighted by Crippen LogP contribution is 2.38. The Morgan fingerprint density at radius 3 is 2.59 bits per heavy atom. The average molecular weight is 318 g/mol. The fourth-order valence-corrected chi connectivity index (χ4v) is 3.27. The van der Waals surface area contributed by atoms with Crippen LogP contribution >= 0.6 is 11.6 Å². The van der Waals surface area contributed by atoms with E-state index in [0.717, 1.165) is 5.56 Å². The van der Waals surface area contributed by atoms with E-state index in [-0.39, 0.29) is 11.8 Å². The number of hydrogen-bond donors (Lipinski definition) is 0. The molecule has 2 aromatic rings. The highest BCUT2D eigenvalue weighted by atomic mass is 35.5. The summed E-state index contributed by atoms with van der Waals surface area (Å²) in [6, 6.07) is 9.06. The summed E-state index contributed by atoms with van der Waals surface area (Å²) in [7, 11) is 1.36.